The average molecular weight is 411 g/mol. The number of benzene rings is 2. The number of rotatable bonds is 8. The number of carbonyl (C=O) groups excluding carboxylic acids is 1. The average Bonchev–Trinajstić information content (AvgIpc) is 2.61. The number of nitrogens with zero attached hydrogens (tertiary/aromatic N) is 1. The van der Waals surface area contributed by atoms with Crippen molar-refractivity contribution in [2.45, 2.75) is 33.1 Å². The Kier molecular flexibility index (Phi) is 7.45. The molecule has 0 spiro atoms. The van der Waals surface area contributed by atoms with Gasteiger partial charge in [0.1, 0.15) is 0 Å². The summed E-state index contributed by atoms with van der Waals surface area (Å²) in [7, 11) is 0. The molecule has 0 saturated heterocycles. The third kappa shape index (κ3) is 5.58. The van der Waals surface area contributed by atoms with Gasteiger partial charge in [0.05, 0.1) is 21.6 Å². The van der Waals surface area contributed by atoms with E-state index in [1.54, 1.807) is 19.1 Å². The Hall–Kier alpha value is -2.31. The van der Waals surface area contributed by atoms with Crippen molar-refractivity contribution in [1.29, 1.82) is 0 Å². The van der Waals surface area contributed by atoms with Crippen LogP contribution in [0.2, 0.25) is 10.0 Å². The van der Waals surface area contributed by atoms with Gasteiger partial charge in [0.15, 0.2) is 5.75 Å². The molecule has 0 saturated carbocycles. The summed E-state index contributed by atoms with van der Waals surface area (Å²) < 4.78 is 5.61. The molecule has 6 nitrogen and oxygen atoms in total. The van der Waals surface area contributed by atoms with Crippen LogP contribution in [0.1, 0.15) is 42.1 Å². The molecule has 0 aliphatic rings. The van der Waals surface area contributed by atoms with Crippen LogP contribution >= 0.6 is 23.2 Å². The Morgan fingerprint density at radius 3 is 2.44 bits per heavy atom. The number of amides is 1. The topological polar surface area (TPSA) is 81.5 Å². The van der Waals surface area contributed by atoms with Gasteiger partial charge in [-0.3, -0.25) is 14.9 Å². The number of hydrogen-bond acceptors (Lipinski definition) is 4. The third-order valence-corrected chi connectivity index (χ3v) is 4.48. The standard InChI is InChI=1S/C19H20Cl2N2O4/c1-3-4-5-8-27-18-15(20)9-13(10-16(18)21)19(24)22-14-7-6-12(2)17(11-14)23(25)26/h6-7,9-11H,3-5,8H2,1-2H3,(H,22,24). The second-order valence-corrected chi connectivity index (χ2v) is 6.85. The van der Waals surface area contributed by atoms with Crippen molar-refractivity contribution < 1.29 is 14.5 Å². The van der Waals surface area contributed by atoms with Gasteiger partial charge in [-0.1, -0.05) is 49.0 Å². The Labute approximate surface area is 167 Å². The molecular weight excluding hydrogens is 391 g/mol. The lowest BCUT2D eigenvalue weighted by Crippen LogP contribution is -2.12. The van der Waals surface area contributed by atoms with Crippen LogP contribution in [0.25, 0.3) is 0 Å². The lowest BCUT2D eigenvalue weighted by molar-refractivity contribution is -0.385. The zero-order valence-corrected chi connectivity index (χ0v) is 16.6. The van der Waals surface area contributed by atoms with E-state index < -0.39 is 10.8 Å². The van der Waals surface area contributed by atoms with Gasteiger partial charge < -0.3 is 10.1 Å². The summed E-state index contributed by atoms with van der Waals surface area (Å²) >= 11 is 12.4. The smallest absolute Gasteiger partial charge is 0.274 e. The van der Waals surface area contributed by atoms with Crippen molar-refractivity contribution in [3.05, 3.63) is 61.6 Å². The summed E-state index contributed by atoms with van der Waals surface area (Å²) in [6.07, 6.45) is 3.00. The fourth-order valence-electron chi connectivity index (χ4n) is 2.44. The first-order chi connectivity index (χ1) is 12.8. The van der Waals surface area contributed by atoms with Crippen LogP contribution < -0.4 is 10.1 Å². The van der Waals surface area contributed by atoms with E-state index in [1.165, 1.54) is 18.2 Å². The summed E-state index contributed by atoms with van der Waals surface area (Å²) in [6.45, 7) is 4.21. The van der Waals surface area contributed by atoms with Crippen LogP contribution in [-0.4, -0.2) is 17.4 Å². The summed E-state index contributed by atoms with van der Waals surface area (Å²) in [5.41, 5.74) is 0.979. The minimum Gasteiger partial charge on any atom is -0.490 e. The molecule has 0 aliphatic heterocycles. The molecule has 8 heteroatoms. The second-order valence-electron chi connectivity index (χ2n) is 6.04. The lowest BCUT2D eigenvalue weighted by atomic mass is 10.1. The molecule has 0 bridgehead atoms. The molecule has 0 aromatic heterocycles. The van der Waals surface area contributed by atoms with E-state index in [0.29, 0.717) is 23.6 Å². The number of nitro benzene ring substituents is 1. The molecule has 0 fully saturated rings. The fourth-order valence-corrected chi connectivity index (χ4v) is 3.04. The van der Waals surface area contributed by atoms with E-state index in [-0.39, 0.29) is 21.3 Å². The number of unbranched alkanes of at least 4 members (excludes halogenated alkanes) is 2. The van der Waals surface area contributed by atoms with Crippen LogP contribution in [0.3, 0.4) is 0 Å². The van der Waals surface area contributed by atoms with Crippen molar-refractivity contribution in [2.75, 3.05) is 11.9 Å². The first kappa shape index (κ1) is 21.0. The van der Waals surface area contributed by atoms with E-state index in [0.717, 1.165) is 19.3 Å². The highest BCUT2D eigenvalue weighted by Crippen LogP contribution is 2.34. The molecule has 0 atom stereocenters. The van der Waals surface area contributed by atoms with Crippen molar-refractivity contribution in [3.8, 4) is 5.75 Å². The largest absolute Gasteiger partial charge is 0.490 e. The second kappa shape index (κ2) is 9.58. The maximum Gasteiger partial charge on any atom is 0.274 e. The molecule has 2 aromatic rings. The highest BCUT2D eigenvalue weighted by molar-refractivity contribution is 6.37. The van der Waals surface area contributed by atoms with Crippen molar-refractivity contribution >= 4 is 40.5 Å². The molecule has 2 aromatic carbocycles. The summed E-state index contributed by atoms with van der Waals surface area (Å²) in [4.78, 5) is 23.0. The number of anilines is 1. The monoisotopic (exact) mass is 410 g/mol. The zero-order chi connectivity index (χ0) is 20.0. The molecule has 0 unspecified atom stereocenters. The zero-order valence-electron chi connectivity index (χ0n) is 15.1. The third-order valence-electron chi connectivity index (χ3n) is 3.92. The predicted octanol–water partition coefficient (Wildman–Crippen LogP) is 6.03. The van der Waals surface area contributed by atoms with E-state index in [9.17, 15) is 14.9 Å². The normalized spacial score (nSPS) is 10.5. The molecule has 0 heterocycles. The molecule has 0 radical (unpaired) electrons. The number of nitrogens with one attached hydrogen (secondary N) is 1. The van der Waals surface area contributed by atoms with Crippen molar-refractivity contribution in [3.63, 3.8) is 0 Å². The van der Waals surface area contributed by atoms with E-state index in [1.807, 2.05) is 0 Å². The summed E-state index contributed by atoms with van der Waals surface area (Å²) in [5, 5.41) is 14.1. The molecule has 144 valence electrons. The molecule has 1 amide bonds. The maximum absolute atomic E-state index is 12.5. The molecule has 1 N–H and O–H groups in total. The van der Waals surface area contributed by atoms with Gasteiger partial charge >= 0.3 is 0 Å². The van der Waals surface area contributed by atoms with Gasteiger partial charge in [0, 0.05) is 22.9 Å². The van der Waals surface area contributed by atoms with E-state index in [4.69, 9.17) is 27.9 Å². The minimum atomic E-state index is -0.497. The van der Waals surface area contributed by atoms with Crippen LogP contribution in [-0.2, 0) is 0 Å². The van der Waals surface area contributed by atoms with Crippen LogP contribution in [0, 0.1) is 17.0 Å². The number of aryl methyl sites for hydroxylation is 1. The highest BCUT2D eigenvalue weighted by atomic mass is 35.5. The minimum absolute atomic E-state index is 0.0697. The Bertz CT molecular complexity index is 833. The Morgan fingerprint density at radius 1 is 1.19 bits per heavy atom. The summed E-state index contributed by atoms with van der Waals surface area (Å²) in [6, 6.07) is 7.39. The number of nitro groups is 1. The number of hydrogen-bond donors (Lipinski definition) is 1. The predicted molar refractivity (Wildman–Crippen MR) is 107 cm³/mol. The maximum atomic E-state index is 12.5. The molecular formula is C19H20Cl2N2O4. The number of halogens is 2. The quantitative estimate of drug-likeness (QED) is 0.327. The van der Waals surface area contributed by atoms with Crippen LogP contribution in [0.15, 0.2) is 30.3 Å². The van der Waals surface area contributed by atoms with E-state index >= 15 is 0 Å². The number of carbonyl (C=O) groups is 1. The van der Waals surface area contributed by atoms with Crippen molar-refractivity contribution in [1.82, 2.24) is 0 Å². The van der Waals surface area contributed by atoms with Gasteiger partial charge in [0.2, 0.25) is 0 Å². The van der Waals surface area contributed by atoms with Gasteiger partial charge in [-0.25, -0.2) is 0 Å². The molecule has 0 aliphatic carbocycles. The first-order valence-corrected chi connectivity index (χ1v) is 9.27. The fraction of sp³-hybridized carbons (Fsp3) is 0.316. The van der Waals surface area contributed by atoms with Gasteiger partial charge in [-0.15, -0.1) is 0 Å². The number of ether oxygens (including phenoxy) is 1. The van der Waals surface area contributed by atoms with Gasteiger partial charge in [-0.2, -0.15) is 0 Å². The Morgan fingerprint density at radius 2 is 1.85 bits per heavy atom. The van der Waals surface area contributed by atoms with Gasteiger partial charge in [-0.05, 0) is 31.5 Å². The SMILES string of the molecule is CCCCCOc1c(Cl)cc(C(=O)Nc2ccc(C)c([N+](=O)[O-])c2)cc1Cl. The lowest BCUT2D eigenvalue weighted by Gasteiger charge is -2.12. The highest BCUT2D eigenvalue weighted by Gasteiger charge is 2.16. The first-order valence-electron chi connectivity index (χ1n) is 8.51. The Balaban J connectivity index is 2.15. The molecule has 2 rings (SSSR count). The van der Waals surface area contributed by atoms with Gasteiger partial charge in [0.25, 0.3) is 11.6 Å². The van der Waals surface area contributed by atoms with E-state index in [2.05, 4.69) is 12.2 Å². The van der Waals surface area contributed by atoms with Crippen LogP contribution in [0.5, 0.6) is 5.75 Å². The van der Waals surface area contributed by atoms with Crippen LogP contribution in [0.4, 0.5) is 11.4 Å². The molecule has 27 heavy (non-hydrogen) atoms. The summed E-state index contributed by atoms with van der Waals surface area (Å²) in [5.74, 6) is -0.133. The van der Waals surface area contributed by atoms with Crippen molar-refractivity contribution in [2.24, 2.45) is 0 Å².